The minimum absolute atomic E-state index is 1.26. The molecule has 0 amide bonds. The molecule has 0 saturated carbocycles. The lowest BCUT2D eigenvalue weighted by Crippen LogP contribution is -2.12. The van der Waals surface area contributed by atoms with Gasteiger partial charge in [0, 0.05) is 0 Å². The molecule has 0 aromatic heterocycles. The van der Waals surface area contributed by atoms with Gasteiger partial charge in [-0.15, -0.1) is 0 Å². The highest BCUT2D eigenvalue weighted by atomic mass is 15.0. The second-order valence-electron chi connectivity index (χ2n) is 6.98. The molecule has 0 N–H and O–H groups in total. The van der Waals surface area contributed by atoms with E-state index >= 15 is 0 Å². The summed E-state index contributed by atoms with van der Waals surface area (Å²) < 4.78 is 0. The Morgan fingerprint density at radius 3 is 1.17 bits per heavy atom. The standard InChI is InChI=1S/C19H41N.CH2BN/c1-4-5-6-7-8-9-10-11-12-13-14-15-16-17-18-19-20(2)3;2-1-3/h4-19H2,1-3H3;2H2. The Kier molecular flexibility index (Phi) is 25.6. The molecule has 23 heavy (non-hydrogen) atoms. The third kappa shape index (κ3) is 30.0. The molecule has 0 unspecified atom stereocenters. The zero-order chi connectivity index (χ0) is 17.6. The van der Waals surface area contributed by atoms with E-state index in [1.54, 1.807) is 5.97 Å². The molecule has 0 heterocycles. The van der Waals surface area contributed by atoms with Gasteiger partial charge >= 0.3 is 0 Å². The summed E-state index contributed by atoms with van der Waals surface area (Å²) in [5.41, 5.74) is 0. The molecule has 0 spiro atoms. The lowest BCUT2D eigenvalue weighted by atomic mass is 10.0. The fourth-order valence-electron chi connectivity index (χ4n) is 2.80. The molecule has 0 aromatic carbocycles. The molecule has 136 valence electrons. The Bertz CT molecular complexity index is 236. The maximum atomic E-state index is 7.32. The molecule has 0 aromatic rings. The first kappa shape index (κ1) is 24.8. The minimum atomic E-state index is 1.26. The van der Waals surface area contributed by atoms with Crippen LogP contribution >= 0.6 is 0 Å². The number of hydrogen-bond acceptors (Lipinski definition) is 2. The SMILES string of the molecule is BC#N.CCCCCCCCCCCCCCCCCN(C)C. The van der Waals surface area contributed by atoms with Crippen LogP contribution in [0.15, 0.2) is 0 Å². The Morgan fingerprint density at radius 1 is 0.652 bits per heavy atom. The van der Waals surface area contributed by atoms with Crippen LogP contribution in [0.4, 0.5) is 0 Å². The fourth-order valence-corrected chi connectivity index (χ4v) is 2.80. The topological polar surface area (TPSA) is 27.0 Å². The largest absolute Gasteiger partial charge is 0.309 e. The predicted octanol–water partition coefficient (Wildman–Crippen LogP) is 5.52. The van der Waals surface area contributed by atoms with Gasteiger partial charge in [0.1, 0.15) is 0 Å². The molecule has 0 aliphatic rings. The number of hydrogen-bond donors (Lipinski definition) is 0. The van der Waals surface area contributed by atoms with E-state index in [1.165, 1.54) is 111 Å². The van der Waals surface area contributed by atoms with Crippen molar-refractivity contribution >= 4 is 7.85 Å². The zero-order valence-corrected chi connectivity index (χ0v) is 16.7. The third-order valence-electron chi connectivity index (χ3n) is 4.21. The van der Waals surface area contributed by atoms with Crippen molar-refractivity contribution in [3.8, 4) is 5.97 Å². The van der Waals surface area contributed by atoms with Crippen LogP contribution in [-0.2, 0) is 0 Å². The fraction of sp³-hybridized carbons (Fsp3) is 0.950. The summed E-state index contributed by atoms with van der Waals surface area (Å²) in [6, 6.07) is 0. The number of nitrogens with zero attached hydrogens (tertiary/aromatic N) is 2. The maximum absolute atomic E-state index is 7.32. The molecule has 0 saturated heterocycles. The second kappa shape index (κ2) is 23.8. The van der Waals surface area contributed by atoms with Gasteiger partial charge in [-0.2, -0.15) is 0 Å². The highest BCUT2D eigenvalue weighted by Gasteiger charge is 1.94. The first-order valence-corrected chi connectivity index (χ1v) is 10.1. The Labute approximate surface area is 148 Å². The van der Waals surface area contributed by atoms with E-state index in [2.05, 4.69) is 25.9 Å². The van der Waals surface area contributed by atoms with Crippen molar-refractivity contribution in [1.29, 1.82) is 5.26 Å². The van der Waals surface area contributed by atoms with E-state index in [9.17, 15) is 0 Å². The van der Waals surface area contributed by atoms with Gasteiger partial charge in [-0.25, -0.2) is 5.26 Å². The summed E-state index contributed by atoms with van der Waals surface area (Å²) >= 11 is 0. The first-order chi connectivity index (χ1) is 11.2. The van der Waals surface area contributed by atoms with Gasteiger partial charge < -0.3 is 4.90 Å². The van der Waals surface area contributed by atoms with Gasteiger partial charge in [-0.05, 0) is 33.0 Å². The van der Waals surface area contributed by atoms with Crippen molar-refractivity contribution in [2.24, 2.45) is 0 Å². The van der Waals surface area contributed by atoms with Gasteiger partial charge in [0.2, 0.25) is 7.85 Å². The van der Waals surface area contributed by atoms with Crippen molar-refractivity contribution in [2.45, 2.75) is 103 Å². The molecule has 0 aliphatic heterocycles. The van der Waals surface area contributed by atoms with Crippen LogP contribution in [0, 0.1) is 11.2 Å². The van der Waals surface area contributed by atoms with Crippen LogP contribution in [-0.4, -0.2) is 33.4 Å². The molecule has 3 heteroatoms. The minimum Gasteiger partial charge on any atom is -0.309 e. The summed E-state index contributed by atoms with van der Waals surface area (Å²) in [5, 5.41) is 7.32. The van der Waals surface area contributed by atoms with Crippen LogP contribution < -0.4 is 0 Å². The maximum Gasteiger partial charge on any atom is 0.232 e. The Morgan fingerprint density at radius 2 is 0.913 bits per heavy atom. The van der Waals surface area contributed by atoms with E-state index in [1.807, 2.05) is 0 Å². The van der Waals surface area contributed by atoms with Gasteiger partial charge in [0.15, 0.2) is 0 Å². The highest BCUT2D eigenvalue weighted by molar-refractivity contribution is 6.20. The lowest BCUT2D eigenvalue weighted by Gasteiger charge is -2.08. The van der Waals surface area contributed by atoms with Gasteiger partial charge in [-0.3, -0.25) is 0 Å². The predicted molar refractivity (Wildman–Crippen MR) is 108 cm³/mol. The number of nitriles is 1. The summed E-state index contributed by atoms with van der Waals surface area (Å²) in [6.07, 6.45) is 21.8. The van der Waals surface area contributed by atoms with Crippen LogP contribution in [0.25, 0.3) is 0 Å². The third-order valence-corrected chi connectivity index (χ3v) is 4.21. The van der Waals surface area contributed by atoms with E-state index in [0.717, 1.165) is 0 Å². The molecule has 0 aliphatic carbocycles. The van der Waals surface area contributed by atoms with Crippen LogP contribution in [0.3, 0.4) is 0 Å². The average molecular weight is 322 g/mol. The highest BCUT2D eigenvalue weighted by Crippen LogP contribution is 2.13. The quantitative estimate of drug-likeness (QED) is 0.276. The normalized spacial score (nSPS) is 10.2. The summed E-state index contributed by atoms with van der Waals surface area (Å²) in [5.74, 6) is 1.75. The van der Waals surface area contributed by atoms with Crippen molar-refractivity contribution in [2.75, 3.05) is 20.6 Å². The first-order valence-electron chi connectivity index (χ1n) is 10.1. The summed E-state index contributed by atoms with van der Waals surface area (Å²) in [4.78, 5) is 2.29. The molecule has 0 fully saturated rings. The molecule has 0 rings (SSSR count). The van der Waals surface area contributed by atoms with Gasteiger partial charge in [-0.1, -0.05) is 96.8 Å². The number of rotatable bonds is 16. The Balaban J connectivity index is 0. The zero-order valence-electron chi connectivity index (χ0n) is 16.7. The lowest BCUT2D eigenvalue weighted by molar-refractivity contribution is 0.389. The van der Waals surface area contributed by atoms with Crippen LogP contribution in [0.5, 0.6) is 0 Å². The van der Waals surface area contributed by atoms with E-state index < -0.39 is 0 Å². The van der Waals surface area contributed by atoms with Gasteiger partial charge in [0.25, 0.3) is 0 Å². The number of unbranched alkanes of at least 4 members (excludes halogenated alkanes) is 14. The van der Waals surface area contributed by atoms with E-state index in [0.29, 0.717) is 0 Å². The van der Waals surface area contributed by atoms with Crippen molar-refractivity contribution in [3.63, 3.8) is 0 Å². The molecule has 0 radical (unpaired) electrons. The van der Waals surface area contributed by atoms with Crippen molar-refractivity contribution in [1.82, 2.24) is 4.90 Å². The molecule has 0 bridgehead atoms. The van der Waals surface area contributed by atoms with E-state index in [4.69, 9.17) is 5.26 Å². The molecule has 0 atom stereocenters. The summed E-state index contributed by atoms with van der Waals surface area (Å²) in [7, 11) is 5.77. The Hall–Kier alpha value is -0.485. The monoisotopic (exact) mass is 322 g/mol. The summed E-state index contributed by atoms with van der Waals surface area (Å²) in [6.45, 7) is 3.56. The molecular formula is C20H43BN2. The second-order valence-corrected chi connectivity index (χ2v) is 6.98. The molecule has 2 nitrogen and oxygen atoms in total. The van der Waals surface area contributed by atoms with E-state index in [-0.39, 0.29) is 0 Å². The molecular weight excluding hydrogens is 279 g/mol. The average Bonchev–Trinajstić information content (AvgIpc) is 2.51. The van der Waals surface area contributed by atoms with Crippen LogP contribution in [0.1, 0.15) is 103 Å². The smallest absolute Gasteiger partial charge is 0.232 e. The van der Waals surface area contributed by atoms with Crippen molar-refractivity contribution in [3.05, 3.63) is 0 Å². The van der Waals surface area contributed by atoms with Crippen molar-refractivity contribution < 1.29 is 0 Å². The van der Waals surface area contributed by atoms with Gasteiger partial charge in [0.05, 0.1) is 0 Å². The van der Waals surface area contributed by atoms with Crippen LogP contribution in [0.2, 0.25) is 0 Å².